The lowest BCUT2D eigenvalue weighted by molar-refractivity contribution is -0.132. The summed E-state index contributed by atoms with van der Waals surface area (Å²) in [7, 11) is 0. The Morgan fingerprint density at radius 1 is 1.28 bits per heavy atom. The highest BCUT2D eigenvalue weighted by Crippen LogP contribution is 2.13. The summed E-state index contributed by atoms with van der Waals surface area (Å²) in [6.07, 6.45) is 1.67. The molecule has 1 amide bonds. The van der Waals surface area contributed by atoms with Crippen LogP contribution in [0.3, 0.4) is 0 Å². The van der Waals surface area contributed by atoms with Gasteiger partial charge in [0, 0.05) is 12.6 Å². The highest BCUT2D eigenvalue weighted by atomic mass is 32.1. The van der Waals surface area contributed by atoms with Crippen LogP contribution in [-0.4, -0.2) is 28.6 Å². The Kier molecular flexibility index (Phi) is 6.27. The van der Waals surface area contributed by atoms with Crippen LogP contribution in [-0.2, 0) is 11.2 Å². The van der Waals surface area contributed by atoms with Crippen molar-refractivity contribution in [3.63, 3.8) is 0 Å². The van der Waals surface area contributed by atoms with Crippen molar-refractivity contribution in [3.05, 3.63) is 35.9 Å². The lowest BCUT2D eigenvalue weighted by atomic mass is 10.1. The van der Waals surface area contributed by atoms with Crippen molar-refractivity contribution in [3.8, 4) is 0 Å². The molecular weight excluding hydrogens is 242 g/mol. The second kappa shape index (κ2) is 7.47. The summed E-state index contributed by atoms with van der Waals surface area (Å²) in [5, 5.41) is -0.249. The van der Waals surface area contributed by atoms with E-state index in [1.54, 1.807) is 0 Å². The van der Waals surface area contributed by atoms with E-state index in [0.29, 0.717) is 6.42 Å². The van der Waals surface area contributed by atoms with Crippen LogP contribution < -0.4 is 0 Å². The second-order valence-electron chi connectivity index (χ2n) is 4.59. The zero-order valence-corrected chi connectivity index (χ0v) is 12.4. The van der Waals surface area contributed by atoms with Gasteiger partial charge in [-0.25, -0.2) is 0 Å². The van der Waals surface area contributed by atoms with Gasteiger partial charge in [0.05, 0.1) is 5.25 Å². The van der Waals surface area contributed by atoms with E-state index in [9.17, 15) is 4.79 Å². The monoisotopic (exact) mass is 265 g/mol. The Labute approximate surface area is 116 Å². The van der Waals surface area contributed by atoms with Crippen LogP contribution in [0.15, 0.2) is 30.3 Å². The molecule has 2 nitrogen and oxygen atoms in total. The van der Waals surface area contributed by atoms with E-state index in [0.717, 1.165) is 18.5 Å². The van der Waals surface area contributed by atoms with Crippen molar-refractivity contribution in [2.24, 2.45) is 0 Å². The molecule has 0 saturated heterocycles. The van der Waals surface area contributed by atoms with Gasteiger partial charge >= 0.3 is 0 Å². The van der Waals surface area contributed by atoms with E-state index in [1.807, 2.05) is 42.2 Å². The Bertz CT molecular complexity index is 366. The summed E-state index contributed by atoms with van der Waals surface area (Å²) in [6.45, 7) is 6.96. The van der Waals surface area contributed by atoms with Crippen LogP contribution in [0.4, 0.5) is 0 Å². The molecule has 0 heterocycles. The van der Waals surface area contributed by atoms with Gasteiger partial charge in [-0.3, -0.25) is 4.79 Å². The highest BCUT2D eigenvalue weighted by Gasteiger charge is 2.23. The lowest BCUT2D eigenvalue weighted by Gasteiger charge is -2.29. The molecular formula is C15H23NOS. The molecule has 0 N–H and O–H groups in total. The summed E-state index contributed by atoms with van der Waals surface area (Å²) in [5.41, 5.74) is 1.16. The molecule has 0 spiro atoms. The van der Waals surface area contributed by atoms with Crippen LogP contribution in [0.1, 0.15) is 32.8 Å². The van der Waals surface area contributed by atoms with Gasteiger partial charge in [0.1, 0.15) is 0 Å². The predicted molar refractivity (Wildman–Crippen MR) is 80.1 cm³/mol. The van der Waals surface area contributed by atoms with Gasteiger partial charge in [0.2, 0.25) is 5.91 Å². The fourth-order valence-electron chi connectivity index (χ4n) is 2.02. The first kappa shape index (κ1) is 15.1. The molecule has 0 aliphatic rings. The van der Waals surface area contributed by atoms with Crippen molar-refractivity contribution >= 4 is 18.5 Å². The first-order chi connectivity index (χ1) is 8.60. The van der Waals surface area contributed by atoms with Crippen LogP contribution >= 0.6 is 12.6 Å². The van der Waals surface area contributed by atoms with Crippen LogP contribution in [0.2, 0.25) is 0 Å². The number of carbonyl (C=O) groups is 1. The number of rotatable bonds is 6. The first-order valence-corrected chi connectivity index (χ1v) is 7.14. The molecule has 2 unspecified atom stereocenters. The minimum Gasteiger partial charge on any atom is -0.339 e. The SMILES string of the molecule is CCC(C)N(CC)C(=O)C(S)Cc1ccccc1. The third-order valence-electron chi connectivity index (χ3n) is 3.30. The lowest BCUT2D eigenvalue weighted by Crippen LogP contribution is -2.43. The average Bonchev–Trinajstić information content (AvgIpc) is 2.40. The smallest absolute Gasteiger partial charge is 0.235 e. The fourth-order valence-corrected chi connectivity index (χ4v) is 2.38. The molecule has 1 aromatic rings. The molecule has 0 radical (unpaired) electrons. The van der Waals surface area contributed by atoms with Crippen LogP contribution in [0.5, 0.6) is 0 Å². The van der Waals surface area contributed by atoms with Gasteiger partial charge in [0.15, 0.2) is 0 Å². The van der Waals surface area contributed by atoms with Gasteiger partial charge in [0.25, 0.3) is 0 Å². The normalized spacial score (nSPS) is 14.0. The molecule has 2 atom stereocenters. The molecule has 0 bridgehead atoms. The minimum atomic E-state index is -0.249. The summed E-state index contributed by atoms with van der Waals surface area (Å²) in [6, 6.07) is 10.3. The third kappa shape index (κ3) is 4.05. The van der Waals surface area contributed by atoms with Crippen molar-refractivity contribution in [2.45, 2.75) is 44.9 Å². The van der Waals surface area contributed by atoms with Gasteiger partial charge in [-0.2, -0.15) is 12.6 Å². The Hall–Kier alpha value is -0.960. The van der Waals surface area contributed by atoms with Crippen LogP contribution in [0.25, 0.3) is 0 Å². The molecule has 0 aromatic heterocycles. The third-order valence-corrected chi connectivity index (χ3v) is 3.71. The zero-order valence-electron chi connectivity index (χ0n) is 11.5. The number of hydrogen-bond acceptors (Lipinski definition) is 2. The van der Waals surface area contributed by atoms with E-state index >= 15 is 0 Å². The van der Waals surface area contributed by atoms with Crippen molar-refractivity contribution in [1.29, 1.82) is 0 Å². The number of nitrogens with zero attached hydrogens (tertiary/aromatic N) is 1. The Morgan fingerprint density at radius 3 is 2.39 bits per heavy atom. The van der Waals surface area contributed by atoms with Crippen molar-refractivity contribution < 1.29 is 4.79 Å². The van der Waals surface area contributed by atoms with Gasteiger partial charge in [-0.05, 0) is 32.3 Å². The molecule has 1 rings (SSSR count). The van der Waals surface area contributed by atoms with Gasteiger partial charge in [-0.1, -0.05) is 37.3 Å². The predicted octanol–water partition coefficient (Wildman–Crippen LogP) is 3.17. The van der Waals surface area contributed by atoms with Crippen molar-refractivity contribution in [1.82, 2.24) is 4.90 Å². The maximum Gasteiger partial charge on any atom is 0.235 e. The number of hydrogen-bond donors (Lipinski definition) is 1. The maximum absolute atomic E-state index is 12.3. The topological polar surface area (TPSA) is 20.3 Å². The van der Waals surface area contributed by atoms with Crippen LogP contribution in [0, 0.1) is 0 Å². The second-order valence-corrected chi connectivity index (χ2v) is 5.21. The largest absolute Gasteiger partial charge is 0.339 e. The van der Waals surface area contributed by atoms with E-state index in [1.165, 1.54) is 0 Å². The number of benzene rings is 1. The number of thiol groups is 1. The molecule has 0 aliphatic heterocycles. The molecule has 0 aliphatic carbocycles. The molecule has 0 saturated carbocycles. The number of carbonyl (C=O) groups excluding carboxylic acids is 1. The molecule has 3 heteroatoms. The summed E-state index contributed by atoms with van der Waals surface area (Å²) >= 11 is 4.47. The van der Waals surface area contributed by atoms with Gasteiger partial charge < -0.3 is 4.90 Å². The molecule has 0 fully saturated rings. The number of amides is 1. The molecule has 18 heavy (non-hydrogen) atoms. The molecule has 100 valence electrons. The van der Waals surface area contributed by atoms with Gasteiger partial charge in [-0.15, -0.1) is 0 Å². The highest BCUT2D eigenvalue weighted by molar-refractivity contribution is 7.81. The summed E-state index contributed by atoms with van der Waals surface area (Å²) in [5.74, 6) is 0.138. The fraction of sp³-hybridized carbons (Fsp3) is 0.533. The van der Waals surface area contributed by atoms with E-state index in [2.05, 4.69) is 26.5 Å². The quantitative estimate of drug-likeness (QED) is 0.783. The minimum absolute atomic E-state index is 0.138. The standard InChI is InChI=1S/C15H23NOS/c1-4-12(3)16(5-2)15(17)14(18)11-13-9-7-6-8-10-13/h6-10,12,14,18H,4-5,11H2,1-3H3. The van der Waals surface area contributed by atoms with E-state index in [4.69, 9.17) is 0 Å². The Morgan fingerprint density at radius 2 is 1.89 bits per heavy atom. The van der Waals surface area contributed by atoms with E-state index in [-0.39, 0.29) is 17.2 Å². The average molecular weight is 265 g/mol. The maximum atomic E-state index is 12.3. The summed E-state index contributed by atoms with van der Waals surface area (Å²) in [4.78, 5) is 14.2. The molecule has 1 aromatic carbocycles. The van der Waals surface area contributed by atoms with Crippen molar-refractivity contribution in [2.75, 3.05) is 6.54 Å². The summed E-state index contributed by atoms with van der Waals surface area (Å²) < 4.78 is 0. The zero-order chi connectivity index (χ0) is 13.5. The Balaban J connectivity index is 2.65. The van der Waals surface area contributed by atoms with E-state index < -0.39 is 0 Å². The first-order valence-electron chi connectivity index (χ1n) is 6.62.